The van der Waals surface area contributed by atoms with Crippen LogP contribution in [0.25, 0.3) is 10.9 Å². The Hall–Kier alpha value is -1.79. The Labute approximate surface area is 119 Å². The van der Waals surface area contributed by atoms with Crippen LogP contribution in [0, 0.1) is 11.3 Å². The minimum Gasteiger partial charge on any atom is -0.379 e. The molecule has 1 unspecified atom stereocenters. The molecule has 0 saturated heterocycles. The van der Waals surface area contributed by atoms with E-state index in [-0.39, 0.29) is 0 Å². The summed E-state index contributed by atoms with van der Waals surface area (Å²) in [7, 11) is 0. The standard InChI is InChI=1S/C17H20N2O/c1-3-12-6-5-7-13-14-8-9-20-11-17(4-2,10-18)16(14)19-15(12)13/h5-7,19H,3-4,8-9,11H2,1-2H3. The van der Waals surface area contributed by atoms with E-state index >= 15 is 0 Å². The van der Waals surface area contributed by atoms with Gasteiger partial charge in [0.15, 0.2) is 0 Å². The van der Waals surface area contributed by atoms with E-state index in [1.807, 2.05) is 0 Å². The highest BCUT2D eigenvalue weighted by Crippen LogP contribution is 2.37. The molecule has 3 heteroatoms. The van der Waals surface area contributed by atoms with Gasteiger partial charge in [0, 0.05) is 16.6 Å². The maximum atomic E-state index is 9.71. The van der Waals surface area contributed by atoms with E-state index in [2.05, 4.69) is 43.1 Å². The number of aromatic nitrogens is 1. The Morgan fingerprint density at radius 1 is 1.40 bits per heavy atom. The van der Waals surface area contributed by atoms with Crippen molar-refractivity contribution in [3.63, 3.8) is 0 Å². The van der Waals surface area contributed by atoms with Crippen LogP contribution in [-0.4, -0.2) is 18.2 Å². The predicted octanol–water partition coefficient (Wildman–Crippen LogP) is 3.47. The van der Waals surface area contributed by atoms with Gasteiger partial charge in [-0.05, 0) is 30.4 Å². The van der Waals surface area contributed by atoms with Gasteiger partial charge in [-0.3, -0.25) is 0 Å². The number of para-hydroxylation sites is 1. The normalized spacial score (nSPS) is 22.2. The van der Waals surface area contributed by atoms with E-state index in [9.17, 15) is 5.26 Å². The number of nitrogens with zero attached hydrogens (tertiary/aromatic N) is 1. The first-order chi connectivity index (χ1) is 9.75. The number of benzene rings is 1. The Bertz CT molecular complexity index is 680. The van der Waals surface area contributed by atoms with Gasteiger partial charge in [0.25, 0.3) is 0 Å². The minimum atomic E-state index is -0.532. The lowest BCUT2D eigenvalue weighted by Gasteiger charge is -2.22. The van der Waals surface area contributed by atoms with E-state index < -0.39 is 5.41 Å². The number of nitriles is 1. The molecule has 0 aliphatic carbocycles. The summed E-state index contributed by atoms with van der Waals surface area (Å²) < 4.78 is 5.70. The zero-order valence-electron chi connectivity index (χ0n) is 12.1. The van der Waals surface area contributed by atoms with Crippen molar-refractivity contribution in [3.8, 4) is 6.07 Å². The molecule has 2 aromatic rings. The van der Waals surface area contributed by atoms with Crippen LogP contribution >= 0.6 is 0 Å². The third-order valence-electron chi connectivity index (χ3n) is 4.55. The number of rotatable bonds is 2. The minimum absolute atomic E-state index is 0.487. The van der Waals surface area contributed by atoms with E-state index in [1.165, 1.54) is 22.0 Å². The molecule has 0 radical (unpaired) electrons. The molecule has 3 rings (SSSR count). The summed E-state index contributed by atoms with van der Waals surface area (Å²) in [5.74, 6) is 0. The van der Waals surface area contributed by atoms with Crippen LogP contribution in [0.15, 0.2) is 18.2 Å². The van der Waals surface area contributed by atoms with Crippen molar-refractivity contribution >= 4 is 10.9 Å². The van der Waals surface area contributed by atoms with Gasteiger partial charge in [-0.25, -0.2) is 0 Å². The van der Waals surface area contributed by atoms with Crippen molar-refractivity contribution in [2.24, 2.45) is 0 Å². The topological polar surface area (TPSA) is 48.8 Å². The van der Waals surface area contributed by atoms with Crippen LogP contribution in [0.3, 0.4) is 0 Å². The van der Waals surface area contributed by atoms with Crippen molar-refractivity contribution in [2.75, 3.05) is 13.2 Å². The molecule has 1 aliphatic rings. The lowest BCUT2D eigenvalue weighted by Crippen LogP contribution is -2.29. The summed E-state index contributed by atoms with van der Waals surface area (Å²) in [6.07, 6.45) is 2.65. The number of hydrogen-bond acceptors (Lipinski definition) is 2. The molecule has 0 spiro atoms. The van der Waals surface area contributed by atoms with Gasteiger partial charge < -0.3 is 9.72 Å². The quantitative estimate of drug-likeness (QED) is 0.906. The van der Waals surface area contributed by atoms with Crippen LogP contribution in [-0.2, 0) is 23.0 Å². The molecule has 0 bridgehead atoms. The maximum absolute atomic E-state index is 9.71. The van der Waals surface area contributed by atoms with E-state index in [0.29, 0.717) is 13.2 Å². The summed E-state index contributed by atoms with van der Waals surface area (Å²) >= 11 is 0. The number of ether oxygens (including phenoxy) is 1. The molecule has 2 heterocycles. The molecule has 0 saturated carbocycles. The summed E-state index contributed by atoms with van der Waals surface area (Å²) in [5, 5.41) is 11.0. The largest absolute Gasteiger partial charge is 0.379 e. The highest BCUT2D eigenvalue weighted by molar-refractivity contribution is 5.88. The fourth-order valence-electron chi connectivity index (χ4n) is 3.24. The van der Waals surface area contributed by atoms with E-state index in [4.69, 9.17) is 4.74 Å². The molecule has 1 aromatic carbocycles. The van der Waals surface area contributed by atoms with E-state index in [1.54, 1.807) is 0 Å². The van der Waals surface area contributed by atoms with Crippen LogP contribution < -0.4 is 0 Å². The fraction of sp³-hybridized carbons (Fsp3) is 0.471. The van der Waals surface area contributed by atoms with Crippen molar-refractivity contribution < 1.29 is 4.74 Å². The number of hydrogen-bond donors (Lipinski definition) is 1. The molecule has 0 fully saturated rings. The lowest BCUT2D eigenvalue weighted by molar-refractivity contribution is 0.109. The van der Waals surface area contributed by atoms with Crippen LogP contribution in [0.1, 0.15) is 37.1 Å². The van der Waals surface area contributed by atoms with Gasteiger partial charge in [0.1, 0.15) is 5.41 Å². The van der Waals surface area contributed by atoms with Crippen molar-refractivity contribution in [2.45, 2.75) is 38.5 Å². The number of aromatic amines is 1. The number of nitrogens with one attached hydrogen (secondary N) is 1. The molecule has 0 amide bonds. The van der Waals surface area contributed by atoms with Gasteiger partial charge in [0.2, 0.25) is 0 Å². The van der Waals surface area contributed by atoms with Crippen molar-refractivity contribution in [3.05, 3.63) is 35.0 Å². The molecule has 1 aromatic heterocycles. The second-order valence-electron chi connectivity index (χ2n) is 5.52. The molecule has 1 atom stereocenters. The molecule has 1 N–H and O–H groups in total. The van der Waals surface area contributed by atoms with Gasteiger partial charge >= 0.3 is 0 Å². The highest BCUT2D eigenvalue weighted by atomic mass is 16.5. The summed E-state index contributed by atoms with van der Waals surface area (Å²) in [6, 6.07) is 8.94. The summed E-state index contributed by atoms with van der Waals surface area (Å²) in [4.78, 5) is 3.57. The number of H-pyrrole nitrogens is 1. The Balaban J connectivity index is 2.32. The zero-order valence-corrected chi connectivity index (χ0v) is 12.1. The first-order valence-electron chi connectivity index (χ1n) is 7.37. The molecule has 1 aliphatic heterocycles. The first-order valence-corrected chi connectivity index (χ1v) is 7.37. The van der Waals surface area contributed by atoms with Crippen LogP contribution in [0.5, 0.6) is 0 Å². The fourth-order valence-corrected chi connectivity index (χ4v) is 3.24. The molecular formula is C17H20N2O. The summed E-state index contributed by atoms with van der Waals surface area (Å²) in [5.41, 5.74) is 4.34. The van der Waals surface area contributed by atoms with Gasteiger partial charge in [-0.1, -0.05) is 32.0 Å². The average molecular weight is 268 g/mol. The van der Waals surface area contributed by atoms with Crippen molar-refractivity contribution in [1.29, 1.82) is 5.26 Å². The predicted molar refractivity (Wildman–Crippen MR) is 79.8 cm³/mol. The number of aryl methyl sites for hydroxylation is 1. The Morgan fingerprint density at radius 3 is 2.95 bits per heavy atom. The maximum Gasteiger partial charge on any atom is 0.120 e. The monoisotopic (exact) mass is 268 g/mol. The number of fused-ring (bicyclic) bond motifs is 3. The molecule has 104 valence electrons. The van der Waals surface area contributed by atoms with Gasteiger partial charge in [-0.15, -0.1) is 0 Å². The second kappa shape index (κ2) is 4.96. The molecule has 20 heavy (non-hydrogen) atoms. The van der Waals surface area contributed by atoms with E-state index in [0.717, 1.165) is 25.0 Å². The Morgan fingerprint density at radius 2 is 2.25 bits per heavy atom. The molecule has 3 nitrogen and oxygen atoms in total. The van der Waals surface area contributed by atoms with Gasteiger partial charge in [-0.2, -0.15) is 5.26 Å². The third-order valence-corrected chi connectivity index (χ3v) is 4.55. The average Bonchev–Trinajstić information content (AvgIpc) is 2.77. The smallest absolute Gasteiger partial charge is 0.120 e. The molecular weight excluding hydrogens is 248 g/mol. The summed E-state index contributed by atoms with van der Waals surface area (Å²) in [6.45, 7) is 5.41. The second-order valence-corrected chi connectivity index (χ2v) is 5.52. The SMILES string of the molecule is CCc1cccc2c3c([nH]c12)C(C#N)(CC)COCC3. The van der Waals surface area contributed by atoms with Crippen LogP contribution in [0.4, 0.5) is 0 Å². The van der Waals surface area contributed by atoms with Gasteiger partial charge in [0.05, 0.1) is 19.3 Å². The first kappa shape index (κ1) is 13.2. The Kier molecular flexibility index (Phi) is 3.27. The highest BCUT2D eigenvalue weighted by Gasteiger charge is 2.37. The third kappa shape index (κ3) is 1.76. The lowest BCUT2D eigenvalue weighted by atomic mass is 9.82. The zero-order chi connectivity index (χ0) is 14.2. The van der Waals surface area contributed by atoms with Crippen LogP contribution in [0.2, 0.25) is 0 Å². The van der Waals surface area contributed by atoms with Crippen molar-refractivity contribution in [1.82, 2.24) is 4.98 Å².